The lowest BCUT2D eigenvalue weighted by Crippen LogP contribution is -2.20. The number of amides is 2. The second-order valence-electron chi connectivity index (χ2n) is 6.15. The van der Waals surface area contributed by atoms with E-state index in [-0.39, 0.29) is 18.4 Å². The second kappa shape index (κ2) is 9.06. The molecule has 0 saturated carbocycles. The van der Waals surface area contributed by atoms with Crippen molar-refractivity contribution in [3.05, 3.63) is 88.9 Å². The van der Waals surface area contributed by atoms with E-state index < -0.39 is 0 Å². The molecule has 0 spiro atoms. The first kappa shape index (κ1) is 19.5. The molecule has 0 bridgehead atoms. The summed E-state index contributed by atoms with van der Waals surface area (Å²) in [6.45, 7) is 1.81. The summed E-state index contributed by atoms with van der Waals surface area (Å²) in [7, 11) is 0. The summed E-state index contributed by atoms with van der Waals surface area (Å²) in [5, 5.41) is 6.03. The van der Waals surface area contributed by atoms with Crippen LogP contribution in [0.1, 0.15) is 15.9 Å². The molecule has 3 rings (SSSR count). The van der Waals surface area contributed by atoms with E-state index in [1.54, 1.807) is 48.5 Å². The minimum atomic E-state index is -0.290. The molecule has 0 aliphatic rings. The molecule has 0 atom stereocenters. The molecule has 2 N–H and O–H groups in total. The van der Waals surface area contributed by atoms with Crippen LogP contribution in [-0.4, -0.2) is 18.4 Å². The topological polar surface area (TPSA) is 67.4 Å². The zero-order valence-corrected chi connectivity index (χ0v) is 16.0. The highest BCUT2D eigenvalue weighted by molar-refractivity contribution is 6.31. The average Bonchev–Trinajstić information content (AvgIpc) is 2.67. The van der Waals surface area contributed by atoms with Crippen molar-refractivity contribution >= 4 is 34.8 Å². The molecule has 2 amide bonds. The van der Waals surface area contributed by atoms with Gasteiger partial charge in [-0.2, -0.15) is 0 Å². The average molecular weight is 395 g/mol. The Bertz CT molecular complexity index is 1000. The number of halogens is 1. The number of hydrogen-bond donors (Lipinski definition) is 2. The van der Waals surface area contributed by atoms with E-state index in [1.807, 2.05) is 31.2 Å². The number of nitrogens with one attached hydrogen (secondary N) is 2. The van der Waals surface area contributed by atoms with Crippen molar-refractivity contribution in [1.29, 1.82) is 0 Å². The quantitative estimate of drug-likeness (QED) is 0.623. The summed E-state index contributed by atoms with van der Waals surface area (Å²) in [6, 6.07) is 21.1. The summed E-state index contributed by atoms with van der Waals surface area (Å²) in [5.41, 5.74) is 2.53. The number of anilines is 2. The number of benzene rings is 3. The van der Waals surface area contributed by atoms with Gasteiger partial charge in [0.2, 0.25) is 0 Å². The van der Waals surface area contributed by atoms with Crippen molar-refractivity contribution in [3.8, 4) is 5.75 Å². The van der Waals surface area contributed by atoms with Gasteiger partial charge >= 0.3 is 0 Å². The number of para-hydroxylation sites is 1. The number of carbonyl (C=O) groups excluding carboxylic acids is 2. The normalized spacial score (nSPS) is 10.2. The highest BCUT2D eigenvalue weighted by Gasteiger charge is 2.09. The van der Waals surface area contributed by atoms with Gasteiger partial charge < -0.3 is 15.4 Å². The lowest BCUT2D eigenvalue weighted by molar-refractivity contribution is -0.118. The summed E-state index contributed by atoms with van der Waals surface area (Å²) >= 11 is 5.92. The van der Waals surface area contributed by atoms with Crippen LogP contribution in [0.3, 0.4) is 0 Å². The highest BCUT2D eigenvalue weighted by atomic mass is 35.5. The van der Waals surface area contributed by atoms with Crippen LogP contribution in [-0.2, 0) is 4.79 Å². The molecule has 3 aromatic carbocycles. The molecule has 0 fully saturated rings. The molecule has 0 saturated heterocycles. The SMILES string of the molecule is Cc1ccccc1OCC(=O)Nc1cccc(NC(=O)c2cccc(Cl)c2)c1. The maximum Gasteiger partial charge on any atom is 0.262 e. The lowest BCUT2D eigenvalue weighted by atomic mass is 10.2. The van der Waals surface area contributed by atoms with Gasteiger partial charge in [-0.15, -0.1) is 0 Å². The number of ether oxygens (including phenoxy) is 1. The van der Waals surface area contributed by atoms with Crippen molar-refractivity contribution in [1.82, 2.24) is 0 Å². The smallest absolute Gasteiger partial charge is 0.262 e. The molecule has 6 heteroatoms. The van der Waals surface area contributed by atoms with E-state index in [0.717, 1.165) is 5.56 Å². The molecule has 3 aromatic rings. The Kier molecular flexibility index (Phi) is 6.29. The van der Waals surface area contributed by atoms with Gasteiger partial charge in [0, 0.05) is 22.0 Å². The first-order valence-electron chi connectivity index (χ1n) is 8.66. The molecule has 0 unspecified atom stereocenters. The second-order valence-corrected chi connectivity index (χ2v) is 6.58. The maximum atomic E-state index is 12.3. The van der Waals surface area contributed by atoms with Crippen LogP contribution < -0.4 is 15.4 Å². The van der Waals surface area contributed by atoms with Gasteiger partial charge in [0.1, 0.15) is 5.75 Å². The van der Waals surface area contributed by atoms with Gasteiger partial charge in [0.05, 0.1) is 0 Å². The Balaban J connectivity index is 1.59. The number of aryl methyl sites for hydroxylation is 1. The summed E-state index contributed by atoms with van der Waals surface area (Å²) in [5.74, 6) is 0.0932. The molecular weight excluding hydrogens is 376 g/mol. The van der Waals surface area contributed by atoms with Crippen LogP contribution in [0.4, 0.5) is 11.4 Å². The van der Waals surface area contributed by atoms with E-state index in [0.29, 0.717) is 27.7 Å². The molecule has 0 aromatic heterocycles. The van der Waals surface area contributed by atoms with Gasteiger partial charge in [-0.05, 0) is 55.0 Å². The van der Waals surface area contributed by atoms with E-state index in [4.69, 9.17) is 16.3 Å². The zero-order valence-electron chi connectivity index (χ0n) is 15.2. The van der Waals surface area contributed by atoms with E-state index in [1.165, 1.54) is 0 Å². The summed E-state index contributed by atoms with van der Waals surface area (Å²) in [4.78, 5) is 24.5. The van der Waals surface area contributed by atoms with E-state index >= 15 is 0 Å². The van der Waals surface area contributed by atoms with Gasteiger partial charge in [0.25, 0.3) is 11.8 Å². The molecule has 0 heterocycles. The Morgan fingerprint density at radius 2 is 1.61 bits per heavy atom. The first-order valence-corrected chi connectivity index (χ1v) is 9.04. The number of hydrogen-bond acceptors (Lipinski definition) is 3. The van der Waals surface area contributed by atoms with Crippen LogP contribution in [0, 0.1) is 6.92 Å². The Hall–Kier alpha value is -3.31. The standard InChI is InChI=1S/C22H19ClN2O3/c1-15-6-2-3-11-20(15)28-14-21(26)24-18-9-5-10-19(13-18)25-22(27)16-7-4-8-17(23)12-16/h2-13H,14H2,1H3,(H,24,26)(H,25,27). The predicted molar refractivity (Wildman–Crippen MR) is 111 cm³/mol. The third-order valence-electron chi connectivity index (χ3n) is 3.94. The van der Waals surface area contributed by atoms with Crippen molar-refractivity contribution in [2.45, 2.75) is 6.92 Å². The van der Waals surface area contributed by atoms with E-state index in [9.17, 15) is 9.59 Å². The van der Waals surface area contributed by atoms with Crippen molar-refractivity contribution in [3.63, 3.8) is 0 Å². The van der Waals surface area contributed by atoms with E-state index in [2.05, 4.69) is 10.6 Å². The van der Waals surface area contributed by atoms with Crippen molar-refractivity contribution in [2.24, 2.45) is 0 Å². The van der Waals surface area contributed by atoms with Gasteiger partial charge in [-0.25, -0.2) is 0 Å². The fourth-order valence-corrected chi connectivity index (χ4v) is 2.76. The maximum absolute atomic E-state index is 12.3. The van der Waals surface area contributed by atoms with Gasteiger partial charge in [-0.3, -0.25) is 9.59 Å². The summed E-state index contributed by atoms with van der Waals surface area (Å²) in [6.07, 6.45) is 0. The van der Waals surface area contributed by atoms with Crippen LogP contribution in [0.2, 0.25) is 5.02 Å². The monoisotopic (exact) mass is 394 g/mol. The van der Waals surface area contributed by atoms with Crippen LogP contribution in [0.25, 0.3) is 0 Å². The van der Waals surface area contributed by atoms with Gasteiger partial charge in [0.15, 0.2) is 6.61 Å². The minimum absolute atomic E-state index is 0.107. The fourth-order valence-electron chi connectivity index (χ4n) is 2.57. The van der Waals surface area contributed by atoms with Crippen LogP contribution in [0.5, 0.6) is 5.75 Å². The molecular formula is C22H19ClN2O3. The molecule has 5 nitrogen and oxygen atoms in total. The Morgan fingerprint density at radius 1 is 0.893 bits per heavy atom. The number of carbonyl (C=O) groups is 2. The highest BCUT2D eigenvalue weighted by Crippen LogP contribution is 2.18. The lowest BCUT2D eigenvalue weighted by Gasteiger charge is -2.11. The fraction of sp³-hybridized carbons (Fsp3) is 0.0909. The largest absolute Gasteiger partial charge is 0.483 e. The van der Waals surface area contributed by atoms with Crippen LogP contribution >= 0.6 is 11.6 Å². The zero-order chi connectivity index (χ0) is 19.9. The van der Waals surface area contributed by atoms with Crippen molar-refractivity contribution in [2.75, 3.05) is 17.2 Å². The Labute approximate surface area is 168 Å². The minimum Gasteiger partial charge on any atom is -0.483 e. The number of rotatable bonds is 6. The van der Waals surface area contributed by atoms with Crippen LogP contribution in [0.15, 0.2) is 72.8 Å². The molecule has 0 radical (unpaired) electrons. The first-order chi connectivity index (χ1) is 13.5. The third-order valence-corrected chi connectivity index (χ3v) is 4.18. The molecule has 142 valence electrons. The molecule has 28 heavy (non-hydrogen) atoms. The third kappa shape index (κ3) is 5.34. The molecule has 0 aliphatic carbocycles. The predicted octanol–water partition coefficient (Wildman–Crippen LogP) is 4.92. The van der Waals surface area contributed by atoms with Crippen molar-refractivity contribution < 1.29 is 14.3 Å². The Morgan fingerprint density at radius 3 is 2.36 bits per heavy atom. The summed E-state index contributed by atoms with van der Waals surface area (Å²) < 4.78 is 5.54. The molecule has 0 aliphatic heterocycles. The van der Waals surface area contributed by atoms with Gasteiger partial charge in [-0.1, -0.05) is 41.9 Å².